The van der Waals surface area contributed by atoms with Crippen LogP contribution in [0.1, 0.15) is 11.5 Å². The maximum absolute atomic E-state index is 5.61. The van der Waals surface area contributed by atoms with E-state index in [1.165, 1.54) is 0 Å². The zero-order valence-corrected chi connectivity index (χ0v) is 10.6. The molecule has 0 aliphatic heterocycles. The lowest BCUT2D eigenvalue weighted by Crippen LogP contribution is -2.16. The van der Waals surface area contributed by atoms with E-state index < -0.39 is 0 Å². The first-order valence-corrected chi connectivity index (χ1v) is 5.79. The van der Waals surface area contributed by atoms with Gasteiger partial charge in [0, 0.05) is 38.2 Å². The molecular formula is C10H14ClN5O. The van der Waals surface area contributed by atoms with E-state index in [0.29, 0.717) is 30.8 Å². The van der Waals surface area contributed by atoms with Crippen molar-refractivity contribution in [2.75, 3.05) is 17.8 Å². The van der Waals surface area contributed by atoms with E-state index in [1.54, 1.807) is 4.68 Å². The number of hydrogen-bond acceptors (Lipinski definition) is 5. The van der Waals surface area contributed by atoms with Crippen LogP contribution < -0.4 is 4.90 Å². The molecule has 0 aliphatic rings. The van der Waals surface area contributed by atoms with Crippen LogP contribution in [-0.4, -0.2) is 32.9 Å². The van der Waals surface area contributed by atoms with Crippen LogP contribution >= 0.6 is 11.6 Å². The number of halogens is 1. The smallest absolute Gasteiger partial charge is 0.318 e. The Labute approximate surface area is 104 Å². The van der Waals surface area contributed by atoms with Gasteiger partial charge >= 0.3 is 6.01 Å². The van der Waals surface area contributed by atoms with Gasteiger partial charge in [0.1, 0.15) is 0 Å². The Kier molecular flexibility index (Phi) is 3.63. The zero-order chi connectivity index (χ0) is 12.3. The third-order valence-corrected chi connectivity index (χ3v) is 2.46. The molecule has 0 unspecified atom stereocenters. The normalized spacial score (nSPS) is 10.8. The maximum atomic E-state index is 5.61. The summed E-state index contributed by atoms with van der Waals surface area (Å²) in [5.41, 5.74) is 1.09. The summed E-state index contributed by atoms with van der Waals surface area (Å²) in [6, 6.07) is 0.494. The number of aryl methyl sites for hydroxylation is 2. The van der Waals surface area contributed by atoms with E-state index in [9.17, 15) is 0 Å². The van der Waals surface area contributed by atoms with Crippen LogP contribution in [0.15, 0.2) is 16.8 Å². The lowest BCUT2D eigenvalue weighted by Gasteiger charge is -2.11. The molecule has 0 amide bonds. The second kappa shape index (κ2) is 5.18. The predicted octanol–water partition coefficient (Wildman–Crippen LogP) is 1.22. The van der Waals surface area contributed by atoms with Crippen LogP contribution in [0.4, 0.5) is 6.01 Å². The molecule has 92 valence electrons. The summed E-state index contributed by atoms with van der Waals surface area (Å²) in [6.07, 6.45) is 4.36. The molecule has 0 radical (unpaired) electrons. The minimum atomic E-state index is 0.480. The van der Waals surface area contributed by atoms with Gasteiger partial charge in [-0.15, -0.1) is 16.7 Å². The van der Waals surface area contributed by atoms with Crippen LogP contribution in [0.5, 0.6) is 0 Å². The van der Waals surface area contributed by atoms with Gasteiger partial charge in [0.2, 0.25) is 5.89 Å². The molecule has 0 atom stereocenters. The van der Waals surface area contributed by atoms with Crippen molar-refractivity contribution in [1.29, 1.82) is 0 Å². The van der Waals surface area contributed by atoms with Gasteiger partial charge in [-0.2, -0.15) is 5.10 Å². The Hall–Kier alpha value is -1.56. The molecule has 2 aromatic rings. The number of rotatable bonds is 5. The van der Waals surface area contributed by atoms with Crippen molar-refractivity contribution in [3.63, 3.8) is 0 Å². The van der Waals surface area contributed by atoms with Crippen molar-refractivity contribution in [3.05, 3.63) is 23.8 Å². The van der Waals surface area contributed by atoms with Gasteiger partial charge in [-0.25, -0.2) is 0 Å². The van der Waals surface area contributed by atoms with Crippen LogP contribution in [-0.2, 0) is 20.0 Å². The summed E-state index contributed by atoms with van der Waals surface area (Å²) < 4.78 is 7.22. The number of anilines is 1. The van der Waals surface area contributed by atoms with Crippen LogP contribution in [0.2, 0.25) is 0 Å². The molecule has 0 saturated carbocycles. The number of nitrogens with zero attached hydrogens (tertiary/aromatic N) is 5. The van der Waals surface area contributed by atoms with E-state index in [0.717, 1.165) is 5.56 Å². The van der Waals surface area contributed by atoms with Crippen molar-refractivity contribution in [2.24, 2.45) is 7.05 Å². The molecule has 0 aromatic carbocycles. The monoisotopic (exact) mass is 255 g/mol. The van der Waals surface area contributed by atoms with Gasteiger partial charge in [0.05, 0.1) is 12.7 Å². The molecule has 0 spiro atoms. The average molecular weight is 256 g/mol. The molecular weight excluding hydrogens is 242 g/mol. The van der Waals surface area contributed by atoms with E-state index in [1.807, 2.05) is 31.4 Å². The van der Waals surface area contributed by atoms with Crippen LogP contribution in [0.25, 0.3) is 0 Å². The second-order valence-corrected chi connectivity index (χ2v) is 4.17. The first-order chi connectivity index (χ1) is 8.19. The van der Waals surface area contributed by atoms with Crippen molar-refractivity contribution in [2.45, 2.75) is 13.0 Å². The average Bonchev–Trinajstić information content (AvgIpc) is 2.88. The topological polar surface area (TPSA) is 60.0 Å². The van der Waals surface area contributed by atoms with E-state index in [-0.39, 0.29) is 0 Å². The summed E-state index contributed by atoms with van der Waals surface area (Å²) in [4.78, 5) is 1.88. The second-order valence-electron chi connectivity index (χ2n) is 3.80. The Morgan fingerprint density at radius 2 is 2.29 bits per heavy atom. The standard InChI is InChI=1S/C10H14ClN5O/c1-15(6-8-5-12-16(2)7-8)10-14-13-9(17-10)3-4-11/h5,7H,3-4,6H2,1-2H3. The highest BCUT2D eigenvalue weighted by atomic mass is 35.5. The third kappa shape index (κ3) is 2.97. The lowest BCUT2D eigenvalue weighted by molar-refractivity contribution is 0.495. The van der Waals surface area contributed by atoms with Gasteiger partial charge < -0.3 is 9.32 Å². The Morgan fingerprint density at radius 3 is 2.94 bits per heavy atom. The predicted molar refractivity (Wildman–Crippen MR) is 64.0 cm³/mol. The summed E-state index contributed by atoms with van der Waals surface area (Å²) in [5, 5.41) is 12.0. The first-order valence-electron chi connectivity index (χ1n) is 5.26. The zero-order valence-electron chi connectivity index (χ0n) is 9.80. The van der Waals surface area contributed by atoms with E-state index >= 15 is 0 Å². The number of aromatic nitrogens is 4. The maximum Gasteiger partial charge on any atom is 0.318 e. The fourth-order valence-corrected chi connectivity index (χ4v) is 1.64. The van der Waals surface area contributed by atoms with E-state index in [4.69, 9.17) is 16.0 Å². The van der Waals surface area contributed by atoms with Crippen molar-refractivity contribution in [3.8, 4) is 0 Å². The third-order valence-electron chi connectivity index (χ3n) is 2.27. The highest BCUT2D eigenvalue weighted by Crippen LogP contribution is 2.13. The molecule has 0 aliphatic carbocycles. The Bertz CT molecular complexity index is 481. The van der Waals surface area contributed by atoms with Gasteiger partial charge in [-0.3, -0.25) is 4.68 Å². The molecule has 7 heteroatoms. The number of alkyl halides is 1. The Morgan fingerprint density at radius 1 is 1.47 bits per heavy atom. The lowest BCUT2D eigenvalue weighted by atomic mass is 10.3. The minimum Gasteiger partial charge on any atom is -0.408 e. The van der Waals surface area contributed by atoms with Crippen molar-refractivity contribution >= 4 is 17.6 Å². The highest BCUT2D eigenvalue weighted by Gasteiger charge is 2.11. The summed E-state index contributed by atoms with van der Waals surface area (Å²) >= 11 is 5.61. The highest BCUT2D eigenvalue weighted by molar-refractivity contribution is 6.17. The summed E-state index contributed by atoms with van der Waals surface area (Å²) in [5.74, 6) is 1.04. The molecule has 0 bridgehead atoms. The van der Waals surface area contributed by atoms with Crippen LogP contribution in [0, 0.1) is 0 Å². The largest absolute Gasteiger partial charge is 0.408 e. The molecule has 2 heterocycles. The van der Waals surface area contributed by atoms with Crippen molar-refractivity contribution < 1.29 is 4.42 Å². The minimum absolute atomic E-state index is 0.480. The summed E-state index contributed by atoms with van der Waals surface area (Å²) in [7, 11) is 3.78. The number of hydrogen-bond donors (Lipinski definition) is 0. The van der Waals surface area contributed by atoms with Gasteiger partial charge in [0.15, 0.2) is 0 Å². The van der Waals surface area contributed by atoms with Gasteiger partial charge in [0.25, 0.3) is 0 Å². The van der Waals surface area contributed by atoms with Crippen molar-refractivity contribution in [1.82, 2.24) is 20.0 Å². The molecule has 0 fully saturated rings. The molecule has 6 nitrogen and oxygen atoms in total. The summed E-state index contributed by atoms with van der Waals surface area (Å²) in [6.45, 7) is 0.677. The quantitative estimate of drug-likeness (QED) is 0.752. The Balaban J connectivity index is 2.01. The molecule has 0 saturated heterocycles. The van der Waals surface area contributed by atoms with Crippen LogP contribution in [0.3, 0.4) is 0 Å². The fraction of sp³-hybridized carbons (Fsp3) is 0.500. The molecule has 2 aromatic heterocycles. The fourth-order valence-electron chi connectivity index (χ4n) is 1.48. The van der Waals surface area contributed by atoms with Gasteiger partial charge in [-0.05, 0) is 0 Å². The molecule has 2 rings (SSSR count). The molecule has 0 N–H and O–H groups in total. The van der Waals surface area contributed by atoms with Gasteiger partial charge in [-0.1, -0.05) is 5.10 Å². The molecule has 17 heavy (non-hydrogen) atoms. The van der Waals surface area contributed by atoms with E-state index in [2.05, 4.69) is 15.3 Å². The first kappa shape index (κ1) is 11.9. The SMILES string of the molecule is CN(Cc1cnn(C)c1)c1nnc(CCCl)o1.